The van der Waals surface area contributed by atoms with Crippen LogP contribution in [0, 0.1) is 18.8 Å². The van der Waals surface area contributed by atoms with Gasteiger partial charge in [0.2, 0.25) is 11.8 Å². The zero-order valence-electron chi connectivity index (χ0n) is 29.3. The first-order chi connectivity index (χ1) is 23.7. The van der Waals surface area contributed by atoms with Crippen molar-refractivity contribution in [3.63, 3.8) is 0 Å². The van der Waals surface area contributed by atoms with Crippen LogP contribution in [0.5, 0.6) is 5.88 Å². The zero-order valence-corrected chi connectivity index (χ0v) is 29.3. The van der Waals surface area contributed by atoms with Crippen molar-refractivity contribution in [2.45, 2.75) is 95.1 Å². The number of hydrogen-bond acceptors (Lipinski definition) is 9. The monoisotopic (exact) mass is 670 g/mol. The van der Waals surface area contributed by atoms with Crippen LogP contribution in [0.15, 0.2) is 41.3 Å². The maximum Gasteiger partial charge on any atom is 0.410 e. The van der Waals surface area contributed by atoms with Crippen LogP contribution in [0.25, 0.3) is 11.3 Å². The second-order valence-corrected chi connectivity index (χ2v) is 14.9. The third-order valence-electron chi connectivity index (χ3n) is 11.2. The Bertz CT molecular complexity index is 1620. The molecule has 0 unspecified atom stereocenters. The number of methoxy groups -OCH3 is 1. The lowest BCUT2D eigenvalue weighted by molar-refractivity contribution is -0.124. The molecule has 7 rings (SSSR count). The topological polar surface area (TPSA) is 114 Å². The minimum absolute atomic E-state index is 0.113. The summed E-state index contributed by atoms with van der Waals surface area (Å²) in [6.45, 7) is 4.08. The fraction of sp³-hybridized carbons (Fsp3) is 0.605. The fourth-order valence-corrected chi connectivity index (χ4v) is 7.71. The molecule has 0 bridgehead atoms. The van der Waals surface area contributed by atoms with Gasteiger partial charge in [-0.3, -0.25) is 9.69 Å². The molecule has 0 atom stereocenters. The highest BCUT2D eigenvalue weighted by atomic mass is 16.6. The number of likely N-dealkylation sites (tertiary alicyclic amines) is 1. The van der Waals surface area contributed by atoms with Crippen LogP contribution in [0.1, 0.15) is 93.1 Å². The molecule has 2 amide bonds. The molecule has 11 heteroatoms. The van der Waals surface area contributed by atoms with E-state index in [0.29, 0.717) is 80.8 Å². The molecule has 0 N–H and O–H groups in total. The lowest BCUT2D eigenvalue weighted by Crippen LogP contribution is -2.59. The Labute approximate surface area is 289 Å². The Morgan fingerprint density at radius 1 is 0.959 bits per heavy atom. The molecule has 1 saturated heterocycles. The number of rotatable bonds is 10. The van der Waals surface area contributed by atoms with Crippen LogP contribution >= 0.6 is 0 Å². The number of hydrogen-bond donors (Lipinski definition) is 0. The van der Waals surface area contributed by atoms with Gasteiger partial charge in [-0.1, -0.05) is 0 Å². The number of likely N-dealkylation sites (N-methyl/N-ethyl adjacent to an activating group) is 1. The molecule has 49 heavy (non-hydrogen) atoms. The summed E-state index contributed by atoms with van der Waals surface area (Å²) in [6.07, 6.45) is 14.3. The van der Waals surface area contributed by atoms with Gasteiger partial charge in [-0.05, 0) is 121 Å². The fourth-order valence-electron chi connectivity index (χ4n) is 7.71. The van der Waals surface area contributed by atoms with E-state index < -0.39 is 0 Å². The summed E-state index contributed by atoms with van der Waals surface area (Å²) in [5, 5.41) is 0. The van der Waals surface area contributed by atoms with Gasteiger partial charge in [-0.25, -0.2) is 19.7 Å². The quantitative estimate of drug-likeness (QED) is 0.236. The molecule has 0 radical (unpaired) electrons. The smallest absolute Gasteiger partial charge is 0.410 e. The first-order valence-corrected chi connectivity index (χ1v) is 18.1. The van der Waals surface area contributed by atoms with Crippen molar-refractivity contribution in [3.8, 4) is 17.1 Å². The highest BCUT2D eigenvalue weighted by molar-refractivity contribution is 5.94. The number of amides is 2. The van der Waals surface area contributed by atoms with E-state index in [-0.39, 0.29) is 24.0 Å². The second kappa shape index (κ2) is 14.5. The van der Waals surface area contributed by atoms with E-state index in [4.69, 9.17) is 23.9 Å². The van der Waals surface area contributed by atoms with E-state index in [1.807, 2.05) is 44.2 Å². The number of aryl methyl sites for hydroxylation is 1. The van der Waals surface area contributed by atoms with Crippen LogP contribution in [0.3, 0.4) is 0 Å². The average Bonchev–Trinajstić information content (AvgIpc) is 3.82. The summed E-state index contributed by atoms with van der Waals surface area (Å²) in [5.41, 5.74) is 4.01. The van der Waals surface area contributed by atoms with Crippen LogP contribution in [-0.4, -0.2) is 89.7 Å². The molecule has 4 fully saturated rings. The van der Waals surface area contributed by atoms with Crippen molar-refractivity contribution in [1.82, 2.24) is 24.8 Å². The van der Waals surface area contributed by atoms with Gasteiger partial charge in [0, 0.05) is 61.0 Å². The third kappa shape index (κ3) is 7.61. The standard InChI is InChI=1S/C38H50N6O5/c1-24-17-30(19-40-35(24)47-4)26-7-5-25(6-8-26)20-44(34-18-29(15-16-39-34)33-23-48-36(41-33)27-9-10-27)37(45)28-11-13-32(14-12-28)49-38(46)43-21-31(22-43)42(2)3/h15-19,23,25-28,31-32H,5-14,20-22H2,1-4H3. The van der Waals surface area contributed by atoms with E-state index in [9.17, 15) is 9.59 Å². The lowest BCUT2D eigenvalue weighted by atomic mass is 9.78. The molecule has 1 aliphatic heterocycles. The van der Waals surface area contributed by atoms with E-state index in [2.05, 4.69) is 16.0 Å². The molecule has 4 heterocycles. The number of pyridine rings is 2. The lowest BCUT2D eigenvalue weighted by Gasteiger charge is -2.42. The first-order valence-electron chi connectivity index (χ1n) is 18.1. The summed E-state index contributed by atoms with van der Waals surface area (Å²) in [5.74, 6) is 3.36. The van der Waals surface area contributed by atoms with Gasteiger partial charge in [-0.2, -0.15) is 0 Å². The second-order valence-electron chi connectivity index (χ2n) is 14.9. The van der Waals surface area contributed by atoms with Crippen molar-refractivity contribution in [1.29, 1.82) is 0 Å². The number of aromatic nitrogens is 3. The molecule has 0 spiro atoms. The predicted octanol–water partition coefficient (Wildman–Crippen LogP) is 6.57. The number of carbonyl (C=O) groups excluding carboxylic acids is 2. The molecule has 3 aromatic rings. The molecular weight excluding hydrogens is 620 g/mol. The Morgan fingerprint density at radius 3 is 2.37 bits per heavy atom. The first kappa shape index (κ1) is 33.5. The summed E-state index contributed by atoms with van der Waals surface area (Å²) in [7, 11) is 5.72. The maximum atomic E-state index is 14.4. The number of ether oxygens (including phenoxy) is 2. The Hall–Kier alpha value is -3.99. The Kier molecular flexibility index (Phi) is 9.89. The number of oxazole rings is 1. The maximum absolute atomic E-state index is 14.4. The van der Waals surface area contributed by atoms with Crippen molar-refractivity contribution < 1.29 is 23.5 Å². The Balaban J connectivity index is 1.02. The SMILES string of the molecule is COc1ncc(C2CCC(CN(C(=O)C3CCC(OC(=O)N4CC(N(C)C)C4)CC3)c3cc(-c4coc(C5CC5)n4)ccn3)CC2)cc1C. The van der Waals surface area contributed by atoms with Gasteiger partial charge in [-0.15, -0.1) is 0 Å². The van der Waals surface area contributed by atoms with Crippen molar-refractivity contribution in [2.75, 3.05) is 45.7 Å². The number of anilines is 1. The predicted molar refractivity (Wildman–Crippen MR) is 186 cm³/mol. The van der Waals surface area contributed by atoms with E-state index in [1.54, 1.807) is 24.5 Å². The number of nitrogens with zero attached hydrogens (tertiary/aromatic N) is 6. The zero-order chi connectivity index (χ0) is 34.1. The van der Waals surface area contributed by atoms with E-state index in [1.165, 1.54) is 5.56 Å². The Morgan fingerprint density at radius 2 is 1.69 bits per heavy atom. The molecule has 0 aromatic carbocycles. The van der Waals surface area contributed by atoms with E-state index >= 15 is 0 Å². The van der Waals surface area contributed by atoms with Gasteiger partial charge in [0.25, 0.3) is 0 Å². The molecule has 3 aromatic heterocycles. The highest BCUT2D eigenvalue weighted by Gasteiger charge is 2.37. The van der Waals surface area contributed by atoms with Gasteiger partial charge in [0.05, 0.1) is 7.11 Å². The van der Waals surface area contributed by atoms with Crippen molar-refractivity contribution in [3.05, 3.63) is 53.9 Å². The van der Waals surface area contributed by atoms with Crippen LogP contribution in [0.2, 0.25) is 0 Å². The summed E-state index contributed by atoms with van der Waals surface area (Å²) in [4.78, 5) is 47.0. The largest absolute Gasteiger partial charge is 0.481 e. The van der Waals surface area contributed by atoms with E-state index in [0.717, 1.165) is 61.2 Å². The average molecular weight is 671 g/mol. The minimum atomic E-state index is -0.232. The number of carbonyl (C=O) groups is 2. The minimum Gasteiger partial charge on any atom is -0.481 e. The molecule has 262 valence electrons. The molecular formula is C38H50N6O5. The van der Waals surface area contributed by atoms with Crippen molar-refractivity contribution >= 4 is 17.8 Å². The van der Waals surface area contributed by atoms with Gasteiger partial charge in [0.1, 0.15) is 23.9 Å². The van der Waals surface area contributed by atoms with Crippen LogP contribution < -0.4 is 9.64 Å². The van der Waals surface area contributed by atoms with Crippen LogP contribution in [0.4, 0.5) is 10.6 Å². The molecule has 3 saturated carbocycles. The summed E-state index contributed by atoms with van der Waals surface area (Å²) < 4.78 is 17.0. The van der Waals surface area contributed by atoms with Crippen LogP contribution in [-0.2, 0) is 9.53 Å². The van der Waals surface area contributed by atoms with Gasteiger partial charge in [0.15, 0.2) is 5.89 Å². The normalized spacial score (nSPS) is 24.4. The molecule has 4 aliphatic rings. The highest BCUT2D eigenvalue weighted by Crippen LogP contribution is 2.41. The third-order valence-corrected chi connectivity index (χ3v) is 11.2. The van der Waals surface area contributed by atoms with Gasteiger partial charge < -0.3 is 23.7 Å². The summed E-state index contributed by atoms with van der Waals surface area (Å²) >= 11 is 0. The molecule has 3 aliphatic carbocycles. The molecule has 11 nitrogen and oxygen atoms in total. The summed E-state index contributed by atoms with van der Waals surface area (Å²) in [6, 6.07) is 6.53. The van der Waals surface area contributed by atoms with Gasteiger partial charge >= 0.3 is 6.09 Å². The van der Waals surface area contributed by atoms with Crippen molar-refractivity contribution in [2.24, 2.45) is 11.8 Å².